The minimum Gasteiger partial charge on any atom is -0.457 e. The van der Waals surface area contributed by atoms with Gasteiger partial charge in [-0.3, -0.25) is 13.8 Å². The Balaban J connectivity index is 4.15. The molecule has 0 amide bonds. The Morgan fingerprint density at radius 1 is 0.707 bits per heavy atom. The summed E-state index contributed by atoms with van der Waals surface area (Å²) in [7, 11) is -4.26. The molecule has 0 fully saturated rings. The molecule has 0 aliphatic carbocycles. The van der Waals surface area contributed by atoms with Crippen LogP contribution in [0.1, 0.15) is 149 Å². The van der Waals surface area contributed by atoms with E-state index in [2.05, 4.69) is 26.0 Å². The van der Waals surface area contributed by atoms with E-state index in [1.165, 1.54) is 83.5 Å². The number of hydrogen-bond donors (Lipinski definition) is 2. The van der Waals surface area contributed by atoms with Crippen molar-refractivity contribution in [1.82, 2.24) is 0 Å². The van der Waals surface area contributed by atoms with Gasteiger partial charge in [-0.1, -0.05) is 116 Å². The van der Waals surface area contributed by atoms with Crippen LogP contribution in [0.4, 0.5) is 0 Å². The second-order valence-electron chi connectivity index (χ2n) is 11.0. The molecular weight excluding hydrogens is 541 g/mol. The Bertz CT molecular complexity index is 648. The summed E-state index contributed by atoms with van der Waals surface area (Å²) in [6.45, 7) is 4.87. The molecule has 8 nitrogen and oxygen atoms in total. The fourth-order valence-corrected chi connectivity index (χ4v) is 5.23. The largest absolute Gasteiger partial charge is 0.472 e. The fourth-order valence-electron chi connectivity index (χ4n) is 4.46. The number of esters is 1. The number of carbonyl (C=O) groups excluding carboxylic acids is 1. The summed E-state index contributed by atoms with van der Waals surface area (Å²) < 4.78 is 33.1. The molecular formula is C32H64NO7P. The molecule has 0 aliphatic rings. The van der Waals surface area contributed by atoms with Crippen LogP contribution in [0, 0.1) is 0 Å². The minimum absolute atomic E-state index is 0.0946. The third-order valence-electron chi connectivity index (χ3n) is 6.93. The zero-order chi connectivity index (χ0) is 30.3. The molecule has 2 atom stereocenters. The molecule has 0 rings (SSSR count). The maximum atomic E-state index is 12.4. The normalized spacial score (nSPS) is 14.0. The average Bonchev–Trinajstić information content (AvgIpc) is 2.96. The van der Waals surface area contributed by atoms with Crippen LogP contribution in [0.2, 0.25) is 0 Å². The first kappa shape index (κ1) is 40.2. The number of unbranched alkanes of at least 4 members (excludes halogenated alkanes) is 17. The number of nitrogens with two attached hydrogens (primary N) is 1. The Labute approximate surface area is 252 Å². The van der Waals surface area contributed by atoms with E-state index in [0.29, 0.717) is 13.0 Å². The van der Waals surface area contributed by atoms with E-state index in [4.69, 9.17) is 24.3 Å². The first-order chi connectivity index (χ1) is 19.9. The third kappa shape index (κ3) is 30.5. The van der Waals surface area contributed by atoms with Crippen LogP contribution >= 0.6 is 7.82 Å². The first-order valence-electron chi connectivity index (χ1n) is 16.7. The molecule has 3 N–H and O–H groups in total. The highest BCUT2D eigenvalue weighted by atomic mass is 31.2. The maximum absolute atomic E-state index is 12.4. The van der Waals surface area contributed by atoms with Crippen molar-refractivity contribution < 1.29 is 32.8 Å². The fraction of sp³-hybridized carbons (Fsp3) is 0.906. The lowest BCUT2D eigenvalue weighted by Crippen LogP contribution is -2.28. The lowest BCUT2D eigenvalue weighted by Gasteiger charge is -2.20. The van der Waals surface area contributed by atoms with Crippen LogP contribution in [-0.4, -0.2) is 49.9 Å². The second-order valence-corrected chi connectivity index (χ2v) is 12.5. The standard InChI is InChI=1S/C32H64NO7P/c1-3-5-7-9-11-13-14-15-16-17-19-21-23-25-32(34)40-31(30-39-41(35,36)38-28-26-33)29-37-27-24-22-20-18-12-10-8-6-4-2/h13-14,31H,3-12,15-30,33H2,1-2H3,(H,35,36)/b14-13-. The van der Waals surface area contributed by atoms with Gasteiger partial charge in [-0.25, -0.2) is 4.57 Å². The molecule has 9 heteroatoms. The number of carbonyl (C=O) groups is 1. The van der Waals surface area contributed by atoms with Crippen LogP contribution in [0.15, 0.2) is 12.2 Å². The van der Waals surface area contributed by atoms with Crippen molar-refractivity contribution in [3.8, 4) is 0 Å². The van der Waals surface area contributed by atoms with Crippen LogP contribution in [-0.2, 0) is 27.9 Å². The summed E-state index contributed by atoms with van der Waals surface area (Å²) in [6.07, 6.45) is 27.9. The van der Waals surface area contributed by atoms with Gasteiger partial charge in [0.05, 0.1) is 19.8 Å². The van der Waals surface area contributed by atoms with Crippen LogP contribution in [0.3, 0.4) is 0 Å². The molecule has 0 bridgehead atoms. The summed E-state index contributed by atoms with van der Waals surface area (Å²) >= 11 is 0. The lowest BCUT2D eigenvalue weighted by molar-refractivity contribution is -0.154. The van der Waals surface area contributed by atoms with E-state index < -0.39 is 13.9 Å². The predicted molar refractivity (Wildman–Crippen MR) is 169 cm³/mol. The molecule has 0 heterocycles. The van der Waals surface area contributed by atoms with Crippen molar-refractivity contribution in [1.29, 1.82) is 0 Å². The highest BCUT2D eigenvalue weighted by Gasteiger charge is 2.25. The SMILES string of the molecule is CCCCCC/C=C\CCCCCCCC(=O)OC(COCCCCCCCCCCC)COP(=O)(O)OCCN. The predicted octanol–water partition coefficient (Wildman–Crippen LogP) is 8.80. The van der Waals surface area contributed by atoms with Gasteiger partial charge in [0, 0.05) is 19.6 Å². The Hall–Kier alpha value is -0.760. The summed E-state index contributed by atoms with van der Waals surface area (Å²) in [5.74, 6) is -0.341. The van der Waals surface area contributed by atoms with Crippen LogP contribution in [0.25, 0.3) is 0 Å². The van der Waals surface area contributed by atoms with E-state index in [-0.39, 0.29) is 32.3 Å². The first-order valence-corrected chi connectivity index (χ1v) is 18.2. The molecule has 0 radical (unpaired) electrons. The van der Waals surface area contributed by atoms with Gasteiger partial charge < -0.3 is 20.1 Å². The summed E-state index contributed by atoms with van der Waals surface area (Å²) in [5, 5.41) is 0. The number of ether oxygens (including phenoxy) is 2. The molecule has 0 aromatic heterocycles. The summed E-state index contributed by atoms with van der Waals surface area (Å²) in [5.41, 5.74) is 5.33. The van der Waals surface area contributed by atoms with Crippen LogP contribution < -0.4 is 5.73 Å². The van der Waals surface area contributed by atoms with E-state index >= 15 is 0 Å². The zero-order valence-electron chi connectivity index (χ0n) is 26.5. The Morgan fingerprint density at radius 2 is 1.22 bits per heavy atom. The van der Waals surface area contributed by atoms with E-state index in [1.54, 1.807) is 0 Å². The minimum atomic E-state index is -4.26. The summed E-state index contributed by atoms with van der Waals surface area (Å²) in [4.78, 5) is 22.2. The van der Waals surface area contributed by atoms with Crippen molar-refractivity contribution >= 4 is 13.8 Å². The van der Waals surface area contributed by atoms with Crippen molar-refractivity contribution in [2.75, 3.05) is 33.0 Å². The molecule has 0 aromatic carbocycles. The van der Waals surface area contributed by atoms with Gasteiger partial charge in [-0.05, 0) is 38.5 Å². The Morgan fingerprint density at radius 3 is 1.80 bits per heavy atom. The zero-order valence-corrected chi connectivity index (χ0v) is 27.4. The average molecular weight is 606 g/mol. The van der Waals surface area contributed by atoms with Crippen molar-refractivity contribution in [2.45, 2.75) is 155 Å². The van der Waals surface area contributed by atoms with Crippen molar-refractivity contribution in [3.05, 3.63) is 12.2 Å². The van der Waals surface area contributed by atoms with Gasteiger partial charge in [-0.2, -0.15) is 0 Å². The quantitative estimate of drug-likeness (QED) is 0.0338. The second kappa shape index (κ2) is 30.7. The highest BCUT2D eigenvalue weighted by Crippen LogP contribution is 2.43. The molecule has 0 spiro atoms. The molecule has 0 saturated carbocycles. The van der Waals surface area contributed by atoms with E-state index in [9.17, 15) is 14.3 Å². The van der Waals surface area contributed by atoms with Gasteiger partial charge in [-0.15, -0.1) is 0 Å². The smallest absolute Gasteiger partial charge is 0.457 e. The lowest BCUT2D eigenvalue weighted by atomic mass is 10.1. The molecule has 41 heavy (non-hydrogen) atoms. The van der Waals surface area contributed by atoms with E-state index in [0.717, 1.165) is 44.9 Å². The molecule has 0 aliphatic heterocycles. The molecule has 0 aromatic rings. The van der Waals surface area contributed by atoms with Crippen molar-refractivity contribution in [2.24, 2.45) is 5.73 Å². The third-order valence-corrected chi connectivity index (χ3v) is 7.92. The summed E-state index contributed by atoms with van der Waals surface area (Å²) in [6, 6.07) is 0. The van der Waals surface area contributed by atoms with Gasteiger partial charge in [0.2, 0.25) is 0 Å². The van der Waals surface area contributed by atoms with Crippen molar-refractivity contribution in [3.63, 3.8) is 0 Å². The van der Waals surface area contributed by atoms with Gasteiger partial charge in [0.15, 0.2) is 0 Å². The molecule has 0 saturated heterocycles. The molecule has 244 valence electrons. The number of phosphoric acid groups is 1. The monoisotopic (exact) mass is 605 g/mol. The highest BCUT2D eigenvalue weighted by molar-refractivity contribution is 7.47. The number of allylic oxidation sites excluding steroid dienone is 2. The number of rotatable bonds is 32. The molecule has 2 unspecified atom stereocenters. The number of hydrogen-bond acceptors (Lipinski definition) is 7. The topological polar surface area (TPSA) is 117 Å². The Kier molecular flexibility index (Phi) is 30.1. The maximum Gasteiger partial charge on any atom is 0.472 e. The van der Waals surface area contributed by atoms with Gasteiger partial charge in [0.25, 0.3) is 0 Å². The number of phosphoric ester groups is 1. The van der Waals surface area contributed by atoms with Crippen LogP contribution in [0.5, 0.6) is 0 Å². The van der Waals surface area contributed by atoms with E-state index in [1.807, 2.05) is 0 Å². The van der Waals surface area contributed by atoms with Gasteiger partial charge >= 0.3 is 13.8 Å². The van der Waals surface area contributed by atoms with Gasteiger partial charge in [0.1, 0.15) is 6.10 Å².